The number of amides is 2. The molecule has 0 aliphatic heterocycles. The molecule has 0 unspecified atom stereocenters. The van der Waals surface area contributed by atoms with Gasteiger partial charge >= 0.3 is 0 Å². The molecule has 134 valence electrons. The van der Waals surface area contributed by atoms with Gasteiger partial charge < -0.3 is 14.4 Å². The van der Waals surface area contributed by atoms with E-state index in [9.17, 15) is 9.59 Å². The van der Waals surface area contributed by atoms with Gasteiger partial charge in [0.2, 0.25) is 11.8 Å². The van der Waals surface area contributed by atoms with E-state index in [0.717, 1.165) is 25.0 Å². The number of carbonyl (C=O) groups is 2. The third-order valence-electron chi connectivity index (χ3n) is 4.42. The standard InChI is InChI=1S/C19H31N3O2/c1-5-7-18(23)22(16-9-10-16)14-19(24)21(12-15(2)3)13-17-8-6-11-20(17)4/h6,8,11,15-16H,5,7,9-10,12-14H2,1-4H3. The lowest BCUT2D eigenvalue weighted by molar-refractivity contribution is -0.141. The van der Waals surface area contributed by atoms with E-state index in [1.165, 1.54) is 0 Å². The van der Waals surface area contributed by atoms with Crippen molar-refractivity contribution in [1.82, 2.24) is 14.4 Å². The zero-order valence-corrected chi connectivity index (χ0v) is 15.5. The molecule has 0 saturated heterocycles. The maximum atomic E-state index is 12.9. The van der Waals surface area contributed by atoms with Gasteiger partial charge in [0.1, 0.15) is 6.54 Å². The van der Waals surface area contributed by atoms with E-state index in [4.69, 9.17) is 0 Å². The summed E-state index contributed by atoms with van der Waals surface area (Å²) in [5.74, 6) is 0.577. The lowest BCUT2D eigenvalue weighted by atomic mass is 10.2. The van der Waals surface area contributed by atoms with Gasteiger partial charge in [-0.3, -0.25) is 9.59 Å². The summed E-state index contributed by atoms with van der Waals surface area (Å²) in [5, 5.41) is 0. The van der Waals surface area contributed by atoms with Gasteiger partial charge in [0, 0.05) is 37.9 Å². The second-order valence-electron chi connectivity index (χ2n) is 7.28. The maximum Gasteiger partial charge on any atom is 0.242 e. The Morgan fingerprint density at radius 3 is 2.50 bits per heavy atom. The monoisotopic (exact) mass is 333 g/mol. The number of rotatable bonds is 9. The van der Waals surface area contributed by atoms with Crippen LogP contribution in [0.3, 0.4) is 0 Å². The predicted molar refractivity (Wildman–Crippen MR) is 95.3 cm³/mol. The van der Waals surface area contributed by atoms with Gasteiger partial charge in [-0.1, -0.05) is 20.8 Å². The SMILES string of the molecule is CCCC(=O)N(CC(=O)N(Cc1cccn1C)CC(C)C)C1CC1. The van der Waals surface area contributed by atoms with Gasteiger partial charge in [0.05, 0.1) is 6.54 Å². The molecule has 1 aromatic heterocycles. The fraction of sp³-hybridized carbons (Fsp3) is 0.684. The number of carbonyl (C=O) groups excluding carboxylic acids is 2. The molecule has 0 atom stereocenters. The quantitative estimate of drug-likeness (QED) is 0.697. The van der Waals surface area contributed by atoms with Crippen LogP contribution in [0.5, 0.6) is 0 Å². The minimum absolute atomic E-state index is 0.0567. The van der Waals surface area contributed by atoms with Crippen LogP contribution >= 0.6 is 0 Å². The Labute approximate surface area is 145 Å². The van der Waals surface area contributed by atoms with Crippen molar-refractivity contribution in [3.05, 3.63) is 24.0 Å². The van der Waals surface area contributed by atoms with E-state index >= 15 is 0 Å². The molecule has 0 aromatic carbocycles. The molecule has 1 fully saturated rings. The van der Waals surface area contributed by atoms with Gasteiger partial charge in [-0.15, -0.1) is 0 Å². The van der Waals surface area contributed by atoms with Crippen LogP contribution in [-0.2, 0) is 23.2 Å². The summed E-state index contributed by atoms with van der Waals surface area (Å²) >= 11 is 0. The van der Waals surface area contributed by atoms with Crippen molar-refractivity contribution in [1.29, 1.82) is 0 Å². The molecule has 5 heteroatoms. The zero-order valence-electron chi connectivity index (χ0n) is 15.5. The first kappa shape index (κ1) is 18.6. The Morgan fingerprint density at radius 2 is 2.00 bits per heavy atom. The van der Waals surface area contributed by atoms with E-state index < -0.39 is 0 Å². The molecular weight excluding hydrogens is 302 g/mol. The number of nitrogens with zero attached hydrogens (tertiary/aromatic N) is 3. The van der Waals surface area contributed by atoms with Crippen molar-refractivity contribution in [3.63, 3.8) is 0 Å². The van der Waals surface area contributed by atoms with Crippen LogP contribution in [0.15, 0.2) is 18.3 Å². The topological polar surface area (TPSA) is 45.6 Å². The van der Waals surface area contributed by atoms with Crippen molar-refractivity contribution < 1.29 is 9.59 Å². The average molecular weight is 333 g/mol. The van der Waals surface area contributed by atoms with E-state index in [2.05, 4.69) is 13.8 Å². The van der Waals surface area contributed by atoms with Gasteiger partial charge in [0.15, 0.2) is 0 Å². The average Bonchev–Trinajstić information content (AvgIpc) is 3.27. The summed E-state index contributed by atoms with van der Waals surface area (Å²) in [6, 6.07) is 4.32. The maximum absolute atomic E-state index is 12.9. The highest BCUT2D eigenvalue weighted by atomic mass is 16.2. The minimum atomic E-state index is 0.0567. The van der Waals surface area contributed by atoms with Crippen LogP contribution < -0.4 is 0 Å². The molecule has 2 amide bonds. The number of aromatic nitrogens is 1. The Morgan fingerprint density at radius 1 is 1.29 bits per heavy atom. The molecular formula is C19H31N3O2. The zero-order chi connectivity index (χ0) is 17.7. The van der Waals surface area contributed by atoms with Crippen LogP contribution in [0.2, 0.25) is 0 Å². The molecule has 0 bridgehead atoms. The number of hydrogen-bond donors (Lipinski definition) is 0. The van der Waals surface area contributed by atoms with Gasteiger partial charge in [-0.25, -0.2) is 0 Å². The molecule has 1 aliphatic carbocycles. The Kier molecular flexibility index (Phi) is 6.46. The fourth-order valence-corrected chi connectivity index (χ4v) is 2.96. The van der Waals surface area contributed by atoms with Crippen molar-refractivity contribution in [2.24, 2.45) is 13.0 Å². The third kappa shape index (κ3) is 5.11. The highest BCUT2D eigenvalue weighted by molar-refractivity contribution is 5.85. The van der Waals surface area contributed by atoms with Crippen LogP contribution in [0.25, 0.3) is 0 Å². The smallest absolute Gasteiger partial charge is 0.242 e. The van der Waals surface area contributed by atoms with Gasteiger partial charge in [-0.2, -0.15) is 0 Å². The number of aryl methyl sites for hydroxylation is 1. The largest absolute Gasteiger partial charge is 0.353 e. The highest BCUT2D eigenvalue weighted by Gasteiger charge is 2.34. The van der Waals surface area contributed by atoms with Crippen LogP contribution in [0.1, 0.15) is 52.1 Å². The lowest BCUT2D eigenvalue weighted by Gasteiger charge is -2.29. The van der Waals surface area contributed by atoms with Gasteiger partial charge in [-0.05, 0) is 37.3 Å². The van der Waals surface area contributed by atoms with Crippen LogP contribution in [-0.4, -0.2) is 45.3 Å². The minimum Gasteiger partial charge on any atom is -0.353 e. The van der Waals surface area contributed by atoms with Gasteiger partial charge in [0.25, 0.3) is 0 Å². The molecule has 1 aliphatic rings. The van der Waals surface area contributed by atoms with Crippen molar-refractivity contribution >= 4 is 11.8 Å². The lowest BCUT2D eigenvalue weighted by Crippen LogP contribution is -2.44. The Balaban J connectivity index is 2.05. The van der Waals surface area contributed by atoms with Crippen LogP contribution in [0.4, 0.5) is 0 Å². The van der Waals surface area contributed by atoms with E-state index in [0.29, 0.717) is 25.4 Å². The van der Waals surface area contributed by atoms with E-state index in [1.807, 2.05) is 46.7 Å². The summed E-state index contributed by atoms with van der Waals surface area (Å²) in [4.78, 5) is 28.9. The third-order valence-corrected chi connectivity index (χ3v) is 4.42. The van der Waals surface area contributed by atoms with Crippen molar-refractivity contribution in [3.8, 4) is 0 Å². The molecule has 1 heterocycles. The highest BCUT2D eigenvalue weighted by Crippen LogP contribution is 2.27. The summed E-state index contributed by atoms with van der Waals surface area (Å²) in [6.07, 6.45) is 5.42. The first-order valence-corrected chi connectivity index (χ1v) is 9.09. The molecule has 0 radical (unpaired) electrons. The molecule has 0 spiro atoms. The molecule has 2 rings (SSSR count). The van der Waals surface area contributed by atoms with E-state index in [-0.39, 0.29) is 24.4 Å². The summed E-state index contributed by atoms with van der Waals surface area (Å²) in [6.45, 7) is 7.77. The van der Waals surface area contributed by atoms with E-state index in [1.54, 1.807) is 0 Å². The number of hydrogen-bond acceptors (Lipinski definition) is 2. The molecule has 1 saturated carbocycles. The second-order valence-corrected chi connectivity index (χ2v) is 7.28. The Hall–Kier alpha value is -1.78. The summed E-state index contributed by atoms with van der Waals surface area (Å²) in [7, 11) is 1.99. The normalized spacial score (nSPS) is 14.0. The predicted octanol–water partition coefficient (Wildman–Crippen LogP) is 2.80. The van der Waals surface area contributed by atoms with Crippen molar-refractivity contribution in [2.75, 3.05) is 13.1 Å². The second kappa shape index (κ2) is 8.36. The first-order valence-electron chi connectivity index (χ1n) is 9.09. The fourth-order valence-electron chi connectivity index (χ4n) is 2.96. The molecule has 24 heavy (non-hydrogen) atoms. The first-order chi connectivity index (χ1) is 11.4. The van der Waals surface area contributed by atoms with Crippen molar-refractivity contribution in [2.45, 2.75) is 59.0 Å². The molecule has 5 nitrogen and oxygen atoms in total. The molecule has 0 N–H and O–H groups in total. The summed E-state index contributed by atoms with van der Waals surface area (Å²) < 4.78 is 2.04. The Bertz CT molecular complexity index is 561. The summed E-state index contributed by atoms with van der Waals surface area (Å²) in [5.41, 5.74) is 1.11. The van der Waals surface area contributed by atoms with Crippen LogP contribution in [0, 0.1) is 5.92 Å². The molecule has 1 aromatic rings.